The van der Waals surface area contributed by atoms with E-state index in [0.717, 1.165) is 19.6 Å². The van der Waals surface area contributed by atoms with Crippen LogP contribution in [0.1, 0.15) is 12.8 Å². The fourth-order valence-electron chi connectivity index (χ4n) is 1.41. The molecule has 0 spiro atoms. The van der Waals surface area contributed by atoms with E-state index in [1.54, 1.807) is 7.05 Å². The number of nitrogens with one attached hydrogen (secondary N) is 3. The van der Waals surface area contributed by atoms with Gasteiger partial charge in [0.05, 0.1) is 0 Å². The Hall–Kier alpha value is -0.480. The van der Waals surface area contributed by atoms with Crippen LogP contribution in [0.4, 0.5) is 4.79 Å². The van der Waals surface area contributed by atoms with Gasteiger partial charge in [0.2, 0.25) is 0 Å². The quantitative estimate of drug-likeness (QED) is 0.612. The molecule has 78 valence electrons. The van der Waals surface area contributed by atoms with Crippen LogP contribution in [0.25, 0.3) is 0 Å². The highest BCUT2D eigenvalue weighted by atomic mass is 35.5. The Morgan fingerprint density at radius 1 is 1.46 bits per heavy atom. The number of piperidine rings is 1. The molecule has 0 radical (unpaired) electrons. The second kappa shape index (κ2) is 6.97. The van der Waals surface area contributed by atoms with Crippen LogP contribution in [0, 0.1) is 5.92 Å². The van der Waals surface area contributed by atoms with Crippen LogP contribution in [0.15, 0.2) is 0 Å². The van der Waals surface area contributed by atoms with E-state index in [-0.39, 0.29) is 18.4 Å². The smallest absolute Gasteiger partial charge is 0.314 e. The van der Waals surface area contributed by atoms with Crippen LogP contribution >= 0.6 is 12.4 Å². The summed E-state index contributed by atoms with van der Waals surface area (Å²) in [7, 11) is 1.64. The van der Waals surface area contributed by atoms with E-state index in [2.05, 4.69) is 16.0 Å². The summed E-state index contributed by atoms with van der Waals surface area (Å²) in [5.41, 5.74) is 0. The first-order valence-electron chi connectivity index (χ1n) is 4.49. The molecule has 0 atom stereocenters. The standard InChI is InChI=1S/C8H17N3O.ClH/c1-9-8(12)11-6-7-2-4-10-5-3-7;/h7,10H,2-6H2,1H3,(H2,9,11,12);1H. The van der Waals surface area contributed by atoms with Crippen LogP contribution in [0.2, 0.25) is 0 Å². The molecule has 3 N–H and O–H groups in total. The normalized spacial score (nSPS) is 17.3. The van der Waals surface area contributed by atoms with E-state index in [9.17, 15) is 4.79 Å². The van der Waals surface area contributed by atoms with Crippen LogP contribution in [-0.2, 0) is 0 Å². The highest BCUT2D eigenvalue weighted by Gasteiger charge is 2.12. The Kier molecular flexibility index (Phi) is 6.72. The van der Waals surface area contributed by atoms with Crippen molar-refractivity contribution in [3.63, 3.8) is 0 Å². The maximum Gasteiger partial charge on any atom is 0.314 e. The fraction of sp³-hybridized carbons (Fsp3) is 0.875. The summed E-state index contributed by atoms with van der Waals surface area (Å²) in [5.74, 6) is 0.656. The lowest BCUT2D eigenvalue weighted by atomic mass is 9.98. The highest BCUT2D eigenvalue weighted by molar-refractivity contribution is 5.85. The van der Waals surface area contributed by atoms with Crippen molar-refractivity contribution in [1.82, 2.24) is 16.0 Å². The zero-order valence-corrected chi connectivity index (χ0v) is 8.75. The van der Waals surface area contributed by atoms with Gasteiger partial charge in [-0.25, -0.2) is 4.79 Å². The molecule has 0 aromatic rings. The van der Waals surface area contributed by atoms with Crippen LogP contribution in [-0.4, -0.2) is 32.7 Å². The summed E-state index contributed by atoms with van der Waals surface area (Å²) >= 11 is 0. The second-order valence-electron chi connectivity index (χ2n) is 3.15. The summed E-state index contributed by atoms with van der Waals surface area (Å²) in [5, 5.41) is 8.65. The predicted octanol–water partition coefficient (Wildman–Crippen LogP) is 0.337. The monoisotopic (exact) mass is 207 g/mol. The van der Waals surface area contributed by atoms with Crippen molar-refractivity contribution in [2.75, 3.05) is 26.7 Å². The number of carbonyl (C=O) groups excluding carboxylic acids is 1. The van der Waals surface area contributed by atoms with E-state index in [1.807, 2.05) is 0 Å². The summed E-state index contributed by atoms with van der Waals surface area (Å²) in [4.78, 5) is 10.8. The van der Waals surface area contributed by atoms with Crippen LogP contribution in [0.3, 0.4) is 0 Å². The zero-order valence-electron chi connectivity index (χ0n) is 7.93. The Morgan fingerprint density at radius 3 is 2.62 bits per heavy atom. The SMILES string of the molecule is CNC(=O)NCC1CCNCC1.Cl. The zero-order chi connectivity index (χ0) is 8.81. The van der Waals surface area contributed by atoms with Gasteiger partial charge < -0.3 is 16.0 Å². The van der Waals surface area contributed by atoms with E-state index in [1.165, 1.54) is 12.8 Å². The third-order valence-electron chi connectivity index (χ3n) is 2.24. The summed E-state index contributed by atoms with van der Waals surface area (Å²) in [6.45, 7) is 2.97. The first-order valence-corrected chi connectivity index (χ1v) is 4.49. The molecule has 1 saturated heterocycles. The largest absolute Gasteiger partial charge is 0.341 e. The molecule has 2 amide bonds. The van der Waals surface area contributed by atoms with Gasteiger partial charge in [0.15, 0.2) is 0 Å². The van der Waals surface area contributed by atoms with E-state index >= 15 is 0 Å². The van der Waals surface area contributed by atoms with E-state index in [0.29, 0.717) is 5.92 Å². The molecule has 0 bridgehead atoms. The van der Waals surface area contributed by atoms with Crippen molar-refractivity contribution in [2.45, 2.75) is 12.8 Å². The number of carbonyl (C=O) groups is 1. The molecule has 0 aromatic carbocycles. The van der Waals surface area contributed by atoms with Gasteiger partial charge in [-0.05, 0) is 31.8 Å². The van der Waals surface area contributed by atoms with Gasteiger partial charge in [-0.2, -0.15) is 0 Å². The fourth-order valence-corrected chi connectivity index (χ4v) is 1.41. The number of hydrogen-bond donors (Lipinski definition) is 3. The van der Waals surface area contributed by atoms with Gasteiger partial charge in [-0.3, -0.25) is 0 Å². The summed E-state index contributed by atoms with van der Waals surface area (Å²) in [6, 6.07) is -0.0754. The van der Waals surface area contributed by atoms with Crippen molar-refractivity contribution in [2.24, 2.45) is 5.92 Å². The first-order chi connectivity index (χ1) is 5.83. The molecular formula is C8H18ClN3O. The van der Waals surface area contributed by atoms with Gasteiger partial charge in [0.1, 0.15) is 0 Å². The number of rotatable bonds is 2. The van der Waals surface area contributed by atoms with E-state index in [4.69, 9.17) is 0 Å². The predicted molar refractivity (Wildman–Crippen MR) is 55.3 cm³/mol. The van der Waals surface area contributed by atoms with Crippen molar-refractivity contribution in [3.8, 4) is 0 Å². The molecule has 0 aromatic heterocycles. The number of hydrogen-bond acceptors (Lipinski definition) is 2. The van der Waals surface area contributed by atoms with Crippen LogP contribution in [0.5, 0.6) is 0 Å². The minimum atomic E-state index is -0.0754. The van der Waals surface area contributed by atoms with Crippen molar-refractivity contribution < 1.29 is 4.79 Å². The maximum absolute atomic E-state index is 10.8. The minimum absolute atomic E-state index is 0. The summed E-state index contributed by atoms with van der Waals surface area (Å²) in [6.07, 6.45) is 2.34. The first kappa shape index (κ1) is 12.5. The molecule has 1 rings (SSSR count). The Labute approximate surface area is 85.3 Å². The van der Waals surface area contributed by atoms with Gasteiger partial charge in [-0.15, -0.1) is 12.4 Å². The van der Waals surface area contributed by atoms with Crippen molar-refractivity contribution in [3.05, 3.63) is 0 Å². The second-order valence-corrected chi connectivity index (χ2v) is 3.15. The molecule has 5 heteroatoms. The molecule has 0 unspecified atom stereocenters. The number of halogens is 1. The lowest BCUT2D eigenvalue weighted by molar-refractivity contribution is 0.239. The number of amides is 2. The lowest BCUT2D eigenvalue weighted by Crippen LogP contribution is -2.39. The topological polar surface area (TPSA) is 53.2 Å². The maximum atomic E-state index is 10.8. The van der Waals surface area contributed by atoms with Gasteiger partial charge >= 0.3 is 6.03 Å². The van der Waals surface area contributed by atoms with Crippen molar-refractivity contribution in [1.29, 1.82) is 0 Å². The molecule has 0 saturated carbocycles. The summed E-state index contributed by atoms with van der Waals surface area (Å²) < 4.78 is 0. The highest BCUT2D eigenvalue weighted by Crippen LogP contribution is 2.09. The third kappa shape index (κ3) is 4.95. The Balaban J connectivity index is 0.00000144. The van der Waals surface area contributed by atoms with Gasteiger partial charge in [0.25, 0.3) is 0 Å². The van der Waals surface area contributed by atoms with Gasteiger partial charge in [-0.1, -0.05) is 0 Å². The van der Waals surface area contributed by atoms with Crippen molar-refractivity contribution >= 4 is 18.4 Å². The average Bonchev–Trinajstić information content (AvgIpc) is 2.16. The molecule has 1 fully saturated rings. The molecule has 13 heavy (non-hydrogen) atoms. The lowest BCUT2D eigenvalue weighted by Gasteiger charge is -2.22. The Morgan fingerprint density at radius 2 is 2.08 bits per heavy atom. The molecule has 1 aliphatic rings. The molecule has 1 aliphatic heterocycles. The molecule has 0 aliphatic carbocycles. The average molecular weight is 208 g/mol. The Bertz CT molecular complexity index is 148. The minimum Gasteiger partial charge on any atom is -0.341 e. The van der Waals surface area contributed by atoms with Gasteiger partial charge in [0, 0.05) is 13.6 Å². The number of urea groups is 1. The third-order valence-corrected chi connectivity index (χ3v) is 2.24. The molecule has 1 heterocycles. The van der Waals surface area contributed by atoms with E-state index < -0.39 is 0 Å². The molecule has 4 nitrogen and oxygen atoms in total. The van der Waals surface area contributed by atoms with Crippen LogP contribution < -0.4 is 16.0 Å². The molecular weight excluding hydrogens is 190 g/mol.